The number of rotatable bonds is 4. The third kappa shape index (κ3) is 3.38. The lowest BCUT2D eigenvalue weighted by Crippen LogP contribution is -2.38. The average Bonchev–Trinajstić information content (AvgIpc) is 3.01. The van der Waals surface area contributed by atoms with Gasteiger partial charge in [0, 0.05) is 25.0 Å². The molecule has 0 spiro atoms. The van der Waals surface area contributed by atoms with Crippen LogP contribution >= 0.6 is 0 Å². The number of nitrogens with zero attached hydrogens (tertiary/aromatic N) is 1. The fraction of sp³-hybridized carbons (Fsp3) is 0.200. The molecule has 22 heavy (non-hydrogen) atoms. The van der Waals surface area contributed by atoms with Crippen LogP contribution in [0.1, 0.15) is 10.4 Å². The van der Waals surface area contributed by atoms with Crippen molar-refractivity contribution in [2.45, 2.75) is 6.04 Å². The summed E-state index contributed by atoms with van der Waals surface area (Å²) in [6.45, 7) is 1.33. The van der Waals surface area contributed by atoms with Gasteiger partial charge in [0.05, 0.1) is 11.6 Å². The van der Waals surface area contributed by atoms with Crippen LogP contribution in [0, 0.1) is 5.82 Å². The maximum Gasteiger partial charge on any atom is 0.255 e. The number of anilines is 2. The molecule has 0 aliphatic carbocycles. The highest BCUT2D eigenvalue weighted by atomic mass is 19.1. The summed E-state index contributed by atoms with van der Waals surface area (Å²) < 4.78 is 13.2. The third-order valence-corrected chi connectivity index (χ3v) is 3.30. The summed E-state index contributed by atoms with van der Waals surface area (Å²) in [5.74, 6) is -0.179. The minimum Gasteiger partial charge on any atom is -0.347 e. The Hall–Kier alpha value is -2.51. The molecule has 3 rings (SSSR count). The lowest BCUT2D eigenvalue weighted by Gasteiger charge is -2.14. The van der Waals surface area contributed by atoms with Gasteiger partial charge in [0.15, 0.2) is 0 Å². The molecular formula is C15H16FN5O. The monoisotopic (exact) mass is 301 g/mol. The SMILES string of the molecule is O=C(NC1CNNC1)c1cccnc1Nc1cccc(F)c1. The van der Waals surface area contributed by atoms with E-state index in [1.54, 1.807) is 30.5 Å². The van der Waals surface area contributed by atoms with E-state index in [-0.39, 0.29) is 17.8 Å². The largest absolute Gasteiger partial charge is 0.347 e. The summed E-state index contributed by atoms with van der Waals surface area (Å²) in [7, 11) is 0. The maximum atomic E-state index is 13.2. The molecule has 2 heterocycles. The van der Waals surface area contributed by atoms with E-state index in [0.717, 1.165) is 0 Å². The van der Waals surface area contributed by atoms with Crippen LogP contribution in [0.15, 0.2) is 42.6 Å². The van der Waals surface area contributed by atoms with E-state index in [4.69, 9.17) is 0 Å². The number of amides is 1. The summed E-state index contributed by atoms with van der Waals surface area (Å²) >= 11 is 0. The number of carbonyl (C=O) groups is 1. The molecule has 7 heteroatoms. The van der Waals surface area contributed by atoms with E-state index in [2.05, 4.69) is 26.5 Å². The lowest BCUT2D eigenvalue weighted by molar-refractivity contribution is 0.0942. The molecule has 1 aliphatic rings. The standard InChI is InChI=1S/C15H16FN5O/c16-10-3-1-4-11(7-10)20-14-13(5-2-6-17-14)15(22)21-12-8-18-19-9-12/h1-7,12,18-19H,8-9H2,(H,17,20)(H,21,22). The number of nitrogens with one attached hydrogen (secondary N) is 4. The van der Waals surface area contributed by atoms with Crippen LogP contribution in [0.4, 0.5) is 15.9 Å². The first-order valence-corrected chi connectivity index (χ1v) is 6.96. The first kappa shape index (κ1) is 14.4. The smallest absolute Gasteiger partial charge is 0.255 e. The zero-order chi connectivity index (χ0) is 15.4. The van der Waals surface area contributed by atoms with Crippen molar-refractivity contribution in [2.24, 2.45) is 0 Å². The summed E-state index contributed by atoms with van der Waals surface area (Å²) in [4.78, 5) is 16.5. The van der Waals surface area contributed by atoms with E-state index >= 15 is 0 Å². The topological polar surface area (TPSA) is 78.1 Å². The number of hydrogen-bond donors (Lipinski definition) is 4. The highest BCUT2D eigenvalue weighted by Crippen LogP contribution is 2.19. The Bertz CT molecular complexity index is 672. The van der Waals surface area contributed by atoms with Gasteiger partial charge in [-0.1, -0.05) is 6.07 Å². The van der Waals surface area contributed by atoms with Crippen molar-refractivity contribution in [3.63, 3.8) is 0 Å². The van der Waals surface area contributed by atoms with Crippen LogP contribution < -0.4 is 21.5 Å². The molecule has 2 aromatic rings. The van der Waals surface area contributed by atoms with Crippen molar-refractivity contribution in [3.8, 4) is 0 Å². The van der Waals surface area contributed by atoms with Gasteiger partial charge in [-0.3, -0.25) is 15.6 Å². The fourth-order valence-electron chi connectivity index (χ4n) is 2.22. The van der Waals surface area contributed by atoms with E-state index in [9.17, 15) is 9.18 Å². The third-order valence-electron chi connectivity index (χ3n) is 3.30. The summed E-state index contributed by atoms with van der Waals surface area (Å²) in [6.07, 6.45) is 1.58. The van der Waals surface area contributed by atoms with E-state index in [0.29, 0.717) is 30.2 Å². The lowest BCUT2D eigenvalue weighted by atomic mass is 10.2. The van der Waals surface area contributed by atoms with Crippen molar-refractivity contribution < 1.29 is 9.18 Å². The quantitative estimate of drug-likeness (QED) is 0.682. The van der Waals surface area contributed by atoms with Crippen LogP contribution in [-0.2, 0) is 0 Å². The van der Waals surface area contributed by atoms with Crippen molar-refractivity contribution in [1.82, 2.24) is 21.2 Å². The molecule has 0 radical (unpaired) electrons. The molecule has 1 aliphatic heterocycles. The van der Waals surface area contributed by atoms with Gasteiger partial charge >= 0.3 is 0 Å². The second-order valence-corrected chi connectivity index (χ2v) is 4.97. The highest BCUT2D eigenvalue weighted by molar-refractivity contribution is 5.99. The Morgan fingerprint density at radius 3 is 2.82 bits per heavy atom. The van der Waals surface area contributed by atoms with Crippen LogP contribution in [0.2, 0.25) is 0 Å². The van der Waals surface area contributed by atoms with Crippen molar-refractivity contribution >= 4 is 17.4 Å². The number of aromatic nitrogens is 1. The van der Waals surface area contributed by atoms with Crippen LogP contribution in [0.25, 0.3) is 0 Å². The number of carbonyl (C=O) groups excluding carboxylic acids is 1. The number of halogens is 1. The zero-order valence-corrected chi connectivity index (χ0v) is 11.8. The number of benzene rings is 1. The average molecular weight is 301 g/mol. The molecule has 1 aromatic heterocycles. The fourth-order valence-corrected chi connectivity index (χ4v) is 2.22. The molecule has 1 amide bonds. The predicted octanol–water partition coefficient (Wildman–Crippen LogP) is 1.17. The van der Waals surface area contributed by atoms with Crippen molar-refractivity contribution in [3.05, 3.63) is 54.0 Å². The Balaban J connectivity index is 1.78. The first-order chi connectivity index (χ1) is 10.7. The Kier molecular flexibility index (Phi) is 4.27. The van der Waals surface area contributed by atoms with Crippen LogP contribution in [0.3, 0.4) is 0 Å². The number of hydrogen-bond acceptors (Lipinski definition) is 5. The van der Waals surface area contributed by atoms with E-state index < -0.39 is 0 Å². The number of pyridine rings is 1. The Morgan fingerprint density at radius 1 is 1.23 bits per heavy atom. The molecule has 0 atom stereocenters. The van der Waals surface area contributed by atoms with E-state index in [1.807, 2.05) is 0 Å². The van der Waals surface area contributed by atoms with Gasteiger partial charge in [-0.15, -0.1) is 0 Å². The minimum absolute atomic E-state index is 0.0229. The molecule has 0 unspecified atom stereocenters. The van der Waals surface area contributed by atoms with Gasteiger partial charge in [-0.05, 0) is 30.3 Å². The summed E-state index contributed by atoms with van der Waals surface area (Å²) in [5, 5.41) is 5.89. The van der Waals surface area contributed by atoms with Gasteiger partial charge in [0.25, 0.3) is 5.91 Å². The summed E-state index contributed by atoms with van der Waals surface area (Å²) in [5.41, 5.74) is 6.86. The minimum atomic E-state index is -0.352. The zero-order valence-electron chi connectivity index (χ0n) is 11.8. The molecule has 6 nitrogen and oxygen atoms in total. The molecule has 1 saturated heterocycles. The van der Waals surface area contributed by atoms with Gasteiger partial charge in [-0.2, -0.15) is 0 Å². The predicted molar refractivity (Wildman–Crippen MR) is 81.2 cm³/mol. The van der Waals surface area contributed by atoms with Crippen molar-refractivity contribution in [1.29, 1.82) is 0 Å². The second kappa shape index (κ2) is 6.50. The number of hydrazine groups is 1. The molecular weight excluding hydrogens is 285 g/mol. The van der Waals surface area contributed by atoms with Gasteiger partial charge in [0.2, 0.25) is 0 Å². The van der Waals surface area contributed by atoms with Gasteiger partial charge in [-0.25, -0.2) is 9.37 Å². The molecule has 1 fully saturated rings. The highest BCUT2D eigenvalue weighted by Gasteiger charge is 2.19. The van der Waals surface area contributed by atoms with Crippen LogP contribution in [-0.4, -0.2) is 30.0 Å². The normalized spacial score (nSPS) is 14.8. The van der Waals surface area contributed by atoms with E-state index in [1.165, 1.54) is 12.1 Å². The van der Waals surface area contributed by atoms with Gasteiger partial charge < -0.3 is 10.6 Å². The molecule has 114 valence electrons. The van der Waals surface area contributed by atoms with Crippen molar-refractivity contribution in [2.75, 3.05) is 18.4 Å². The Morgan fingerprint density at radius 2 is 2.05 bits per heavy atom. The second-order valence-electron chi connectivity index (χ2n) is 4.97. The van der Waals surface area contributed by atoms with Crippen LogP contribution in [0.5, 0.6) is 0 Å². The van der Waals surface area contributed by atoms with Gasteiger partial charge in [0.1, 0.15) is 11.6 Å². The Labute approximate surface area is 127 Å². The molecule has 1 aromatic carbocycles. The summed E-state index contributed by atoms with van der Waals surface area (Å²) in [6, 6.07) is 9.41. The molecule has 0 bridgehead atoms. The molecule has 4 N–H and O–H groups in total. The maximum absolute atomic E-state index is 13.2. The first-order valence-electron chi connectivity index (χ1n) is 6.96. The molecule has 0 saturated carbocycles.